The third kappa shape index (κ3) is 8.96. The van der Waals surface area contributed by atoms with E-state index in [0.29, 0.717) is 51.2 Å². The van der Waals surface area contributed by atoms with E-state index in [4.69, 9.17) is 39.5 Å². The molecule has 0 spiro atoms. The van der Waals surface area contributed by atoms with Crippen molar-refractivity contribution in [1.29, 1.82) is 0 Å². The first kappa shape index (κ1) is 31.3. The molecule has 1 saturated heterocycles. The van der Waals surface area contributed by atoms with E-state index in [0.717, 1.165) is 42.1 Å². The number of aryl methyl sites for hydroxylation is 1. The summed E-state index contributed by atoms with van der Waals surface area (Å²) in [4.78, 5) is 29.4. The van der Waals surface area contributed by atoms with E-state index in [9.17, 15) is 9.59 Å². The average molecular weight is 638 g/mol. The van der Waals surface area contributed by atoms with Crippen LogP contribution in [0.25, 0.3) is 12.2 Å². The number of benzene rings is 3. The van der Waals surface area contributed by atoms with E-state index < -0.39 is 0 Å². The molecule has 1 amide bonds. The van der Waals surface area contributed by atoms with Crippen LogP contribution in [-0.2, 0) is 4.79 Å². The molecule has 0 bridgehead atoms. The zero-order chi connectivity index (χ0) is 30.3. The maximum Gasteiger partial charge on any atom is 0.251 e. The monoisotopic (exact) mass is 636 g/mol. The molecule has 1 N–H and O–H groups in total. The molecule has 5 rings (SSSR count). The van der Waals surface area contributed by atoms with Gasteiger partial charge in [-0.3, -0.25) is 14.5 Å². The van der Waals surface area contributed by atoms with Gasteiger partial charge in [0.05, 0.1) is 0 Å². The van der Waals surface area contributed by atoms with Crippen LogP contribution in [0.15, 0.2) is 71.8 Å². The number of carbonyl (C=O) groups is 2. The lowest BCUT2D eigenvalue weighted by Gasteiger charge is -2.27. The third-order valence-corrected chi connectivity index (χ3v) is 8.38. The molecule has 2 fully saturated rings. The number of hydrogen-bond donors (Lipinski definition) is 1. The van der Waals surface area contributed by atoms with Crippen molar-refractivity contribution in [3.8, 4) is 5.75 Å². The Labute approximate surface area is 268 Å². The highest BCUT2D eigenvalue weighted by atomic mass is 35.5. The largest absolute Gasteiger partial charge is 0.492 e. The topological polar surface area (TPSA) is 58.6 Å². The summed E-state index contributed by atoms with van der Waals surface area (Å²) in [7, 11) is 0. The molecule has 8 heteroatoms. The van der Waals surface area contributed by atoms with Crippen LogP contribution in [0.3, 0.4) is 0 Å². The van der Waals surface area contributed by atoms with E-state index in [1.807, 2.05) is 43.3 Å². The maximum atomic E-state index is 13.6. The third-order valence-electron chi connectivity index (χ3n) is 7.72. The number of hydrogen-bond acceptors (Lipinski definition) is 4. The summed E-state index contributed by atoms with van der Waals surface area (Å²) in [5, 5.41) is 4.71. The van der Waals surface area contributed by atoms with Gasteiger partial charge in [-0.25, -0.2) is 0 Å². The molecule has 0 radical (unpaired) electrons. The van der Waals surface area contributed by atoms with Crippen LogP contribution >= 0.6 is 34.8 Å². The fourth-order valence-corrected chi connectivity index (χ4v) is 6.54. The number of ether oxygens (including phenoxy) is 1. The number of Topliss-reactive ketones (excluding diaryl/α,β-unsaturated/α-hetero) is 1. The number of ketones is 1. The Morgan fingerprint density at radius 3 is 2.05 bits per heavy atom. The van der Waals surface area contributed by atoms with E-state index >= 15 is 0 Å². The van der Waals surface area contributed by atoms with Gasteiger partial charge < -0.3 is 10.1 Å². The van der Waals surface area contributed by atoms with Gasteiger partial charge in [-0.1, -0.05) is 47.3 Å². The van der Waals surface area contributed by atoms with Crippen LogP contribution in [0, 0.1) is 6.92 Å². The number of carbonyl (C=O) groups excluding carboxylic acids is 2. The number of amides is 1. The minimum Gasteiger partial charge on any atom is -0.492 e. The molecule has 43 heavy (non-hydrogen) atoms. The van der Waals surface area contributed by atoms with Crippen molar-refractivity contribution < 1.29 is 14.3 Å². The predicted molar refractivity (Wildman–Crippen MR) is 176 cm³/mol. The van der Waals surface area contributed by atoms with Crippen LogP contribution in [0.4, 0.5) is 0 Å². The Bertz CT molecular complexity index is 1430. The summed E-state index contributed by atoms with van der Waals surface area (Å²) in [6.07, 6.45) is 8.23. The summed E-state index contributed by atoms with van der Waals surface area (Å²) < 4.78 is 5.93. The highest BCUT2D eigenvalue weighted by molar-refractivity contribution is 6.35. The van der Waals surface area contributed by atoms with Gasteiger partial charge in [-0.05, 0) is 129 Å². The Kier molecular flexibility index (Phi) is 10.6. The van der Waals surface area contributed by atoms with E-state index in [1.54, 1.807) is 36.4 Å². The second-order valence-corrected chi connectivity index (χ2v) is 12.6. The van der Waals surface area contributed by atoms with E-state index in [2.05, 4.69) is 10.2 Å². The molecule has 3 aromatic rings. The number of nitrogens with zero attached hydrogens (tertiary/aromatic N) is 1. The number of halogens is 3. The van der Waals surface area contributed by atoms with Crippen molar-refractivity contribution in [3.05, 3.63) is 109 Å². The van der Waals surface area contributed by atoms with Gasteiger partial charge in [-0.15, -0.1) is 0 Å². The lowest BCUT2D eigenvalue weighted by Crippen LogP contribution is -2.39. The second kappa shape index (κ2) is 14.6. The first-order chi connectivity index (χ1) is 20.7. The zero-order valence-corrected chi connectivity index (χ0v) is 26.4. The molecule has 0 aromatic heterocycles. The number of likely N-dealkylation sites (tertiary alicyclic amines) is 1. The van der Waals surface area contributed by atoms with Gasteiger partial charge in [0.15, 0.2) is 5.78 Å². The molecule has 1 aliphatic heterocycles. The van der Waals surface area contributed by atoms with Crippen LogP contribution < -0.4 is 10.1 Å². The maximum absolute atomic E-state index is 13.6. The predicted octanol–water partition coefficient (Wildman–Crippen LogP) is 8.45. The first-order valence-corrected chi connectivity index (χ1v) is 15.8. The minimum absolute atomic E-state index is 0.0784. The standard InChI is InChI=1S/C35H35Cl3N2O3/c1-23-13-24(17-29(36)14-23)15-27-20-32(21-28(34(27)41)16-25-18-30(37)22-31(38)19-25)39-35(42)26-5-7-33(8-6-26)43-12-11-40-9-3-2-4-10-40/h5-8,13-19,22,32H,2-4,9-12,20-21H2,1H3,(H,39,42)/b27-15+,28-16+. The van der Waals surface area contributed by atoms with Crippen LogP contribution in [0.1, 0.15) is 59.2 Å². The van der Waals surface area contributed by atoms with Gasteiger partial charge in [0.1, 0.15) is 12.4 Å². The number of piperidine rings is 1. The van der Waals surface area contributed by atoms with Crippen molar-refractivity contribution in [3.63, 3.8) is 0 Å². The van der Waals surface area contributed by atoms with E-state index in [1.165, 1.54) is 19.3 Å². The fraction of sp³-hybridized carbons (Fsp3) is 0.314. The van der Waals surface area contributed by atoms with Crippen LogP contribution in [-0.4, -0.2) is 48.9 Å². The molecule has 5 nitrogen and oxygen atoms in total. The zero-order valence-electron chi connectivity index (χ0n) is 24.2. The smallest absolute Gasteiger partial charge is 0.251 e. The fourth-order valence-electron chi connectivity index (χ4n) is 5.70. The molecule has 1 unspecified atom stereocenters. The highest BCUT2D eigenvalue weighted by Gasteiger charge is 2.29. The Balaban J connectivity index is 1.31. The Morgan fingerprint density at radius 1 is 0.860 bits per heavy atom. The molecule has 1 heterocycles. The van der Waals surface area contributed by atoms with Crippen molar-refractivity contribution in [2.24, 2.45) is 0 Å². The number of rotatable bonds is 8. The lowest BCUT2D eigenvalue weighted by atomic mass is 9.83. The average Bonchev–Trinajstić information content (AvgIpc) is 2.95. The molecule has 1 aliphatic carbocycles. The van der Waals surface area contributed by atoms with Gasteiger partial charge in [0.2, 0.25) is 0 Å². The van der Waals surface area contributed by atoms with Crippen molar-refractivity contribution in [2.75, 3.05) is 26.2 Å². The van der Waals surface area contributed by atoms with E-state index in [-0.39, 0.29) is 17.7 Å². The normalized spacial score (nSPS) is 19.5. The summed E-state index contributed by atoms with van der Waals surface area (Å²) in [5.41, 5.74) is 4.24. The van der Waals surface area contributed by atoms with Crippen molar-refractivity contribution in [2.45, 2.75) is 45.1 Å². The highest BCUT2D eigenvalue weighted by Crippen LogP contribution is 2.31. The minimum atomic E-state index is -0.293. The summed E-state index contributed by atoms with van der Waals surface area (Å²) in [6.45, 7) is 5.75. The summed E-state index contributed by atoms with van der Waals surface area (Å²) in [5.74, 6) is 0.455. The summed E-state index contributed by atoms with van der Waals surface area (Å²) in [6, 6.07) is 17.8. The van der Waals surface area contributed by atoms with Gasteiger partial charge in [0.25, 0.3) is 5.91 Å². The van der Waals surface area contributed by atoms with Gasteiger partial charge in [-0.2, -0.15) is 0 Å². The molecule has 224 valence electrons. The first-order valence-electron chi connectivity index (χ1n) is 14.7. The molecule has 1 atom stereocenters. The Morgan fingerprint density at radius 2 is 1.44 bits per heavy atom. The molecule has 3 aromatic carbocycles. The van der Waals surface area contributed by atoms with Gasteiger partial charge >= 0.3 is 0 Å². The molecule has 1 saturated carbocycles. The molecule has 2 aliphatic rings. The second-order valence-electron chi connectivity index (χ2n) is 11.3. The van der Waals surface area contributed by atoms with Crippen LogP contribution in [0.2, 0.25) is 15.1 Å². The quantitative estimate of drug-likeness (QED) is 0.252. The molecular formula is C35H35Cl3N2O3. The summed E-state index contributed by atoms with van der Waals surface area (Å²) >= 11 is 18.7. The SMILES string of the molecule is Cc1cc(Cl)cc(/C=C2\CC(NC(=O)c3ccc(OCCN4CCCCC4)cc3)C/C(=C\c3cc(Cl)cc(Cl)c3)C2=O)c1. The van der Waals surface area contributed by atoms with Gasteiger partial charge in [0, 0.05) is 44.4 Å². The number of nitrogens with one attached hydrogen (secondary N) is 1. The van der Waals surface area contributed by atoms with Crippen molar-refractivity contribution in [1.82, 2.24) is 10.2 Å². The Hall–Kier alpha value is -3.09. The van der Waals surface area contributed by atoms with Crippen LogP contribution in [0.5, 0.6) is 5.75 Å². The lowest BCUT2D eigenvalue weighted by molar-refractivity contribution is -0.113. The molecular weight excluding hydrogens is 603 g/mol. The van der Waals surface area contributed by atoms with Crippen molar-refractivity contribution >= 4 is 58.6 Å².